The van der Waals surface area contributed by atoms with Gasteiger partial charge in [0.2, 0.25) is 0 Å². The number of hydrogen-bond acceptors (Lipinski definition) is 4. The summed E-state index contributed by atoms with van der Waals surface area (Å²) >= 11 is 0. The van der Waals surface area contributed by atoms with Crippen molar-refractivity contribution in [3.8, 4) is 16.9 Å². The molecule has 1 N–H and O–H groups in total. The molecular weight excluding hydrogens is 374 g/mol. The van der Waals surface area contributed by atoms with Gasteiger partial charge in [0.05, 0.1) is 6.21 Å². The van der Waals surface area contributed by atoms with E-state index in [-0.39, 0.29) is 12.5 Å². The van der Waals surface area contributed by atoms with E-state index in [1.54, 1.807) is 6.21 Å². The number of benzene rings is 3. The van der Waals surface area contributed by atoms with Gasteiger partial charge in [0, 0.05) is 18.8 Å². The van der Waals surface area contributed by atoms with Crippen molar-refractivity contribution >= 4 is 17.8 Å². The lowest BCUT2D eigenvalue weighted by atomic mass is 10.1. The van der Waals surface area contributed by atoms with Crippen LogP contribution in [0.1, 0.15) is 18.4 Å². The average molecular weight is 399 g/mol. The molecule has 1 saturated heterocycles. The van der Waals surface area contributed by atoms with Crippen LogP contribution in [0.15, 0.2) is 84.0 Å². The molecule has 0 aliphatic carbocycles. The highest BCUT2D eigenvalue weighted by molar-refractivity contribution is 5.83. The third-order valence-electron chi connectivity index (χ3n) is 5.10. The van der Waals surface area contributed by atoms with Crippen LogP contribution in [0.3, 0.4) is 0 Å². The zero-order valence-electron chi connectivity index (χ0n) is 16.8. The molecule has 5 heteroatoms. The van der Waals surface area contributed by atoms with Gasteiger partial charge in [0.15, 0.2) is 6.61 Å². The number of nitrogens with one attached hydrogen (secondary N) is 1. The van der Waals surface area contributed by atoms with Gasteiger partial charge in [-0.15, -0.1) is 0 Å². The quantitative estimate of drug-likeness (QED) is 0.471. The summed E-state index contributed by atoms with van der Waals surface area (Å²) in [5.74, 6) is 0.346. The van der Waals surface area contributed by atoms with E-state index in [1.807, 2.05) is 54.6 Å². The molecule has 152 valence electrons. The fourth-order valence-electron chi connectivity index (χ4n) is 3.48. The zero-order chi connectivity index (χ0) is 20.6. The van der Waals surface area contributed by atoms with Crippen molar-refractivity contribution in [3.05, 3.63) is 84.4 Å². The largest absolute Gasteiger partial charge is 0.484 e. The van der Waals surface area contributed by atoms with Crippen molar-refractivity contribution in [3.63, 3.8) is 0 Å². The number of hydrogen-bond donors (Lipinski definition) is 1. The van der Waals surface area contributed by atoms with E-state index in [0.29, 0.717) is 5.75 Å². The Morgan fingerprint density at radius 2 is 1.57 bits per heavy atom. The summed E-state index contributed by atoms with van der Waals surface area (Å²) in [5, 5.41) is 4.02. The second-order valence-corrected chi connectivity index (χ2v) is 7.26. The van der Waals surface area contributed by atoms with Crippen molar-refractivity contribution in [1.82, 2.24) is 5.43 Å². The molecule has 1 heterocycles. The standard InChI is InChI=1S/C25H25N3O2/c29-25(19-30-24-14-10-22(11-15-24)21-6-2-1-3-7-21)27-26-18-20-8-12-23(13-9-20)28-16-4-5-17-28/h1-3,6-15,18H,4-5,16-17,19H2,(H,27,29)/b26-18+. The van der Waals surface area contributed by atoms with Crippen molar-refractivity contribution < 1.29 is 9.53 Å². The van der Waals surface area contributed by atoms with E-state index in [1.165, 1.54) is 18.5 Å². The Hall–Kier alpha value is -3.60. The molecule has 0 radical (unpaired) electrons. The molecule has 0 aromatic heterocycles. The van der Waals surface area contributed by atoms with E-state index in [0.717, 1.165) is 29.8 Å². The summed E-state index contributed by atoms with van der Waals surface area (Å²) < 4.78 is 5.54. The summed E-state index contributed by atoms with van der Waals surface area (Å²) in [7, 11) is 0. The first-order chi connectivity index (χ1) is 14.8. The first-order valence-electron chi connectivity index (χ1n) is 10.2. The Kier molecular flexibility index (Phi) is 6.40. The van der Waals surface area contributed by atoms with Crippen LogP contribution in [-0.4, -0.2) is 31.8 Å². The van der Waals surface area contributed by atoms with Crippen LogP contribution in [0.2, 0.25) is 0 Å². The van der Waals surface area contributed by atoms with Gasteiger partial charge in [0.25, 0.3) is 5.91 Å². The summed E-state index contributed by atoms with van der Waals surface area (Å²) in [6, 6.07) is 26.0. The zero-order valence-corrected chi connectivity index (χ0v) is 16.8. The number of ether oxygens (including phenoxy) is 1. The van der Waals surface area contributed by atoms with Crippen molar-refractivity contribution in [1.29, 1.82) is 0 Å². The maximum absolute atomic E-state index is 12.0. The molecule has 0 unspecified atom stereocenters. The maximum atomic E-state index is 12.0. The predicted octanol–water partition coefficient (Wildman–Crippen LogP) is 4.48. The van der Waals surface area contributed by atoms with Crippen molar-refractivity contribution in [2.75, 3.05) is 24.6 Å². The third kappa shape index (κ3) is 5.26. The predicted molar refractivity (Wildman–Crippen MR) is 121 cm³/mol. The van der Waals surface area contributed by atoms with Gasteiger partial charge in [-0.25, -0.2) is 5.43 Å². The van der Waals surface area contributed by atoms with Gasteiger partial charge in [-0.3, -0.25) is 4.79 Å². The first kappa shape index (κ1) is 19.7. The highest BCUT2D eigenvalue weighted by atomic mass is 16.5. The van der Waals surface area contributed by atoms with Crippen molar-refractivity contribution in [2.45, 2.75) is 12.8 Å². The molecule has 5 nitrogen and oxygen atoms in total. The van der Waals surface area contributed by atoms with Gasteiger partial charge >= 0.3 is 0 Å². The van der Waals surface area contributed by atoms with Crippen LogP contribution >= 0.6 is 0 Å². The summed E-state index contributed by atoms with van der Waals surface area (Å²) in [4.78, 5) is 14.3. The number of carbonyl (C=O) groups excluding carboxylic acids is 1. The summed E-state index contributed by atoms with van der Waals surface area (Å²) in [6.07, 6.45) is 4.16. The molecule has 3 aromatic rings. The number of hydrazone groups is 1. The van der Waals surface area contributed by atoms with Crippen LogP contribution in [-0.2, 0) is 4.79 Å². The number of rotatable bonds is 7. The molecule has 4 rings (SSSR count). The fourth-order valence-corrected chi connectivity index (χ4v) is 3.48. The second-order valence-electron chi connectivity index (χ2n) is 7.26. The molecule has 0 bridgehead atoms. The van der Waals surface area contributed by atoms with E-state index < -0.39 is 0 Å². The monoisotopic (exact) mass is 399 g/mol. The number of nitrogens with zero attached hydrogens (tertiary/aromatic N) is 2. The highest BCUT2D eigenvalue weighted by Crippen LogP contribution is 2.22. The Balaban J connectivity index is 1.23. The normalized spacial score (nSPS) is 13.5. The van der Waals surface area contributed by atoms with Gasteiger partial charge in [-0.05, 0) is 53.8 Å². The van der Waals surface area contributed by atoms with Crippen LogP contribution in [0, 0.1) is 0 Å². The number of anilines is 1. The summed E-state index contributed by atoms with van der Waals surface area (Å²) in [6.45, 7) is 2.16. The van der Waals surface area contributed by atoms with Gasteiger partial charge in [-0.1, -0.05) is 54.6 Å². The molecule has 0 atom stereocenters. The molecule has 1 amide bonds. The van der Waals surface area contributed by atoms with E-state index in [9.17, 15) is 4.79 Å². The van der Waals surface area contributed by atoms with Crippen LogP contribution in [0.4, 0.5) is 5.69 Å². The molecule has 0 spiro atoms. The fraction of sp³-hybridized carbons (Fsp3) is 0.200. The van der Waals surface area contributed by atoms with Gasteiger partial charge in [-0.2, -0.15) is 5.10 Å². The smallest absolute Gasteiger partial charge is 0.277 e. The number of carbonyl (C=O) groups is 1. The van der Waals surface area contributed by atoms with E-state index in [2.05, 4.69) is 39.7 Å². The summed E-state index contributed by atoms with van der Waals surface area (Å²) in [5.41, 5.74) is 6.93. The lowest BCUT2D eigenvalue weighted by Gasteiger charge is -2.17. The average Bonchev–Trinajstić information content (AvgIpc) is 3.34. The molecule has 1 aliphatic heterocycles. The Morgan fingerprint density at radius 3 is 2.27 bits per heavy atom. The Morgan fingerprint density at radius 1 is 0.900 bits per heavy atom. The maximum Gasteiger partial charge on any atom is 0.277 e. The lowest BCUT2D eigenvalue weighted by molar-refractivity contribution is -0.123. The lowest BCUT2D eigenvalue weighted by Crippen LogP contribution is -2.24. The Bertz CT molecular complexity index is 977. The molecule has 1 fully saturated rings. The van der Waals surface area contributed by atoms with Crippen LogP contribution < -0.4 is 15.1 Å². The van der Waals surface area contributed by atoms with Crippen molar-refractivity contribution in [2.24, 2.45) is 5.10 Å². The van der Waals surface area contributed by atoms with E-state index in [4.69, 9.17) is 4.74 Å². The Labute approximate surface area is 177 Å². The minimum absolute atomic E-state index is 0.0874. The minimum Gasteiger partial charge on any atom is -0.484 e. The molecule has 3 aromatic carbocycles. The molecule has 0 saturated carbocycles. The first-order valence-corrected chi connectivity index (χ1v) is 10.2. The highest BCUT2D eigenvalue weighted by Gasteiger charge is 2.11. The van der Waals surface area contributed by atoms with Crippen LogP contribution in [0.25, 0.3) is 11.1 Å². The SMILES string of the molecule is O=C(COc1ccc(-c2ccccc2)cc1)N/N=C/c1ccc(N2CCCC2)cc1. The van der Waals surface area contributed by atoms with E-state index >= 15 is 0 Å². The van der Waals surface area contributed by atoms with Gasteiger partial charge in [0.1, 0.15) is 5.75 Å². The molecular formula is C25H25N3O2. The molecule has 30 heavy (non-hydrogen) atoms. The number of amides is 1. The second kappa shape index (κ2) is 9.74. The van der Waals surface area contributed by atoms with Gasteiger partial charge < -0.3 is 9.64 Å². The topological polar surface area (TPSA) is 53.9 Å². The third-order valence-corrected chi connectivity index (χ3v) is 5.10. The van der Waals surface area contributed by atoms with Crippen LogP contribution in [0.5, 0.6) is 5.75 Å². The molecule has 1 aliphatic rings. The minimum atomic E-state index is -0.299.